The van der Waals surface area contributed by atoms with Gasteiger partial charge in [-0.1, -0.05) is 0 Å². The summed E-state index contributed by atoms with van der Waals surface area (Å²) in [7, 11) is 1.56. The van der Waals surface area contributed by atoms with E-state index in [4.69, 9.17) is 15.2 Å². The lowest BCUT2D eigenvalue weighted by Gasteiger charge is -2.14. The van der Waals surface area contributed by atoms with Gasteiger partial charge in [0, 0.05) is 25.3 Å². The molecule has 0 aromatic heterocycles. The topological polar surface area (TPSA) is 73.6 Å². The first-order valence-electron chi connectivity index (χ1n) is 5.96. The minimum Gasteiger partial charge on any atom is -0.483 e. The van der Waals surface area contributed by atoms with Crippen LogP contribution in [0.4, 0.5) is 4.39 Å². The van der Waals surface area contributed by atoms with Gasteiger partial charge in [0.15, 0.2) is 6.61 Å². The molecule has 1 amide bonds. The molecule has 0 heterocycles. The maximum atomic E-state index is 13.0. The third kappa shape index (κ3) is 5.23. The number of nitrogens with two attached hydrogens (primary N) is 1. The first kappa shape index (κ1) is 15.4. The van der Waals surface area contributed by atoms with Crippen molar-refractivity contribution in [3.05, 3.63) is 29.6 Å². The summed E-state index contributed by atoms with van der Waals surface area (Å²) in [5, 5.41) is 2.71. The summed E-state index contributed by atoms with van der Waals surface area (Å²) in [5.74, 6) is -0.235. The van der Waals surface area contributed by atoms with Crippen LogP contribution in [-0.2, 0) is 16.1 Å². The summed E-state index contributed by atoms with van der Waals surface area (Å²) < 4.78 is 23.2. The smallest absolute Gasteiger partial charge is 0.258 e. The molecule has 0 aliphatic heterocycles. The first-order chi connectivity index (χ1) is 9.06. The van der Waals surface area contributed by atoms with Crippen molar-refractivity contribution in [3.63, 3.8) is 0 Å². The molecule has 3 N–H and O–H groups in total. The van der Waals surface area contributed by atoms with Crippen molar-refractivity contribution in [1.82, 2.24) is 5.32 Å². The maximum Gasteiger partial charge on any atom is 0.258 e. The molecule has 0 fully saturated rings. The van der Waals surface area contributed by atoms with E-state index in [1.807, 2.05) is 6.92 Å². The first-order valence-corrected chi connectivity index (χ1v) is 5.96. The summed E-state index contributed by atoms with van der Waals surface area (Å²) >= 11 is 0. The summed E-state index contributed by atoms with van der Waals surface area (Å²) in [5.41, 5.74) is 6.01. The van der Waals surface area contributed by atoms with Crippen molar-refractivity contribution in [2.24, 2.45) is 5.73 Å². The Hall–Kier alpha value is -1.66. The Morgan fingerprint density at radius 3 is 2.89 bits per heavy atom. The maximum absolute atomic E-state index is 13.0. The zero-order chi connectivity index (χ0) is 14.3. The lowest BCUT2D eigenvalue weighted by molar-refractivity contribution is -0.124. The van der Waals surface area contributed by atoms with Gasteiger partial charge in [0.2, 0.25) is 0 Å². The lowest BCUT2D eigenvalue weighted by Crippen LogP contribution is -2.38. The van der Waals surface area contributed by atoms with Crippen LogP contribution in [0.5, 0.6) is 5.75 Å². The van der Waals surface area contributed by atoms with E-state index in [9.17, 15) is 9.18 Å². The molecular weight excluding hydrogens is 251 g/mol. The molecule has 1 atom stereocenters. The van der Waals surface area contributed by atoms with Gasteiger partial charge in [-0.2, -0.15) is 0 Å². The van der Waals surface area contributed by atoms with Crippen molar-refractivity contribution in [2.45, 2.75) is 19.5 Å². The molecule has 1 unspecified atom stereocenters. The number of amides is 1. The molecular formula is C13H19FN2O3. The molecule has 0 radical (unpaired) electrons. The second-order valence-corrected chi connectivity index (χ2v) is 4.17. The molecule has 1 aromatic rings. The Morgan fingerprint density at radius 2 is 2.26 bits per heavy atom. The number of halogens is 1. The Labute approximate surface area is 111 Å². The van der Waals surface area contributed by atoms with E-state index in [2.05, 4.69) is 5.32 Å². The van der Waals surface area contributed by atoms with Gasteiger partial charge in [-0.25, -0.2) is 4.39 Å². The number of carbonyl (C=O) groups excluding carboxylic acids is 1. The number of ether oxygens (including phenoxy) is 2. The molecule has 106 valence electrons. The highest BCUT2D eigenvalue weighted by atomic mass is 19.1. The second-order valence-electron chi connectivity index (χ2n) is 4.17. The molecule has 6 heteroatoms. The van der Waals surface area contributed by atoms with E-state index in [0.29, 0.717) is 17.9 Å². The molecule has 19 heavy (non-hydrogen) atoms. The van der Waals surface area contributed by atoms with Gasteiger partial charge >= 0.3 is 0 Å². The van der Waals surface area contributed by atoms with Gasteiger partial charge in [0.05, 0.1) is 6.61 Å². The zero-order valence-electron chi connectivity index (χ0n) is 11.1. The van der Waals surface area contributed by atoms with Crippen LogP contribution in [0.15, 0.2) is 18.2 Å². The Bertz CT molecular complexity index is 426. The van der Waals surface area contributed by atoms with E-state index in [1.54, 1.807) is 7.11 Å². The molecule has 0 saturated heterocycles. The van der Waals surface area contributed by atoms with Crippen molar-refractivity contribution in [2.75, 3.05) is 20.3 Å². The van der Waals surface area contributed by atoms with Gasteiger partial charge in [-0.15, -0.1) is 0 Å². The van der Waals surface area contributed by atoms with Crippen molar-refractivity contribution in [3.8, 4) is 5.75 Å². The number of rotatable bonds is 7. The Morgan fingerprint density at radius 1 is 1.53 bits per heavy atom. The number of methoxy groups -OCH3 is 1. The third-order valence-electron chi connectivity index (χ3n) is 2.43. The molecule has 0 aliphatic carbocycles. The number of hydrogen-bond donors (Lipinski definition) is 2. The van der Waals surface area contributed by atoms with Gasteiger partial charge in [-0.3, -0.25) is 4.79 Å². The molecule has 1 rings (SSSR count). The van der Waals surface area contributed by atoms with E-state index in [-0.39, 0.29) is 30.9 Å². The molecule has 1 aromatic carbocycles. The van der Waals surface area contributed by atoms with Gasteiger partial charge in [0.25, 0.3) is 5.91 Å². The number of hydrogen-bond acceptors (Lipinski definition) is 4. The zero-order valence-corrected chi connectivity index (χ0v) is 11.1. The van der Waals surface area contributed by atoms with E-state index in [1.165, 1.54) is 18.2 Å². The predicted octanol–water partition coefficient (Wildman–Crippen LogP) is 0.814. The van der Waals surface area contributed by atoms with Crippen LogP contribution >= 0.6 is 0 Å². The van der Waals surface area contributed by atoms with Crippen molar-refractivity contribution >= 4 is 5.91 Å². The largest absolute Gasteiger partial charge is 0.483 e. The normalized spacial score (nSPS) is 12.0. The van der Waals surface area contributed by atoms with E-state index >= 15 is 0 Å². The Kier molecular flexibility index (Phi) is 6.24. The predicted molar refractivity (Wildman–Crippen MR) is 69.3 cm³/mol. The van der Waals surface area contributed by atoms with Crippen molar-refractivity contribution < 1.29 is 18.7 Å². The van der Waals surface area contributed by atoms with Crippen LogP contribution in [-0.4, -0.2) is 32.3 Å². The van der Waals surface area contributed by atoms with Gasteiger partial charge in [0.1, 0.15) is 11.6 Å². The third-order valence-corrected chi connectivity index (χ3v) is 2.43. The summed E-state index contributed by atoms with van der Waals surface area (Å²) in [6.45, 7) is 2.25. The molecule has 0 aliphatic rings. The van der Waals surface area contributed by atoms with Crippen LogP contribution in [0.3, 0.4) is 0 Å². The van der Waals surface area contributed by atoms with Crippen LogP contribution in [0.1, 0.15) is 12.5 Å². The van der Waals surface area contributed by atoms with Crippen LogP contribution in [0.2, 0.25) is 0 Å². The fourth-order valence-electron chi connectivity index (χ4n) is 1.60. The van der Waals surface area contributed by atoms with Crippen LogP contribution in [0, 0.1) is 5.82 Å². The highest BCUT2D eigenvalue weighted by molar-refractivity contribution is 5.77. The average molecular weight is 270 g/mol. The standard InChI is InChI=1S/C13H19FN2O3/c1-9(7-18-2)16-13(17)8-19-12-4-3-11(14)5-10(12)6-15/h3-5,9H,6-8,15H2,1-2H3,(H,16,17). The number of nitrogens with one attached hydrogen (secondary N) is 1. The van der Waals surface area contributed by atoms with Crippen molar-refractivity contribution in [1.29, 1.82) is 0 Å². The average Bonchev–Trinajstić information content (AvgIpc) is 2.37. The highest BCUT2D eigenvalue weighted by Gasteiger charge is 2.09. The molecule has 0 bridgehead atoms. The molecule has 5 nitrogen and oxygen atoms in total. The molecule has 0 spiro atoms. The van der Waals surface area contributed by atoms with Gasteiger partial charge < -0.3 is 20.5 Å². The van der Waals surface area contributed by atoms with Crippen LogP contribution < -0.4 is 15.8 Å². The summed E-state index contributed by atoms with van der Waals surface area (Å²) in [6.07, 6.45) is 0. The SMILES string of the molecule is COCC(C)NC(=O)COc1ccc(F)cc1CN. The van der Waals surface area contributed by atoms with Gasteiger partial charge in [-0.05, 0) is 25.1 Å². The quantitative estimate of drug-likeness (QED) is 0.769. The minimum absolute atomic E-state index is 0.0942. The number of carbonyl (C=O) groups is 1. The second kappa shape index (κ2) is 7.70. The highest BCUT2D eigenvalue weighted by Crippen LogP contribution is 2.18. The van der Waals surface area contributed by atoms with E-state index < -0.39 is 0 Å². The lowest BCUT2D eigenvalue weighted by atomic mass is 10.2. The fraction of sp³-hybridized carbons (Fsp3) is 0.462. The minimum atomic E-state index is -0.383. The fourth-order valence-corrected chi connectivity index (χ4v) is 1.60. The molecule has 0 saturated carbocycles. The number of benzene rings is 1. The monoisotopic (exact) mass is 270 g/mol. The van der Waals surface area contributed by atoms with Crippen LogP contribution in [0.25, 0.3) is 0 Å². The summed E-state index contributed by atoms with van der Waals surface area (Å²) in [4.78, 5) is 11.6. The Balaban J connectivity index is 2.50. The summed E-state index contributed by atoms with van der Waals surface area (Å²) in [6, 6.07) is 3.92. The van der Waals surface area contributed by atoms with E-state index in [0.717, 1.165) is 0 Å².